The minimum absolute atomic E-state index is 0.734. The fourth-order valence-electron chi connectivity index (χ4n) is 0.297. The maximum Gasteiger partial charge on any atom is 0.00276 e. The molecule has 0 heterocycles. The van der Waals surface area contributed by atoms with Crippen molar-refractivity contribution in [3.8, 4) is 0 Å². The molecule has 0 rings (SSSR count). The quantitative estimate of drug-likeness (QED) is 0.526. The van der Waals surface area contributed by atoms with Crippen molar-refractivity contribution in [2.75, 3.05) is 13.6 Å². The lowest BCUT2D eigenvalue weighted by atomic mass is 10.4. The smallest absolute Gasteiger partial charge is 0.00276 e. The van der Waals surface area contributed by atoms with Gasteiger partial charge in [-0.1, -0.05) is 6.08 Å². The van der Waals surface area contributed by atoms with E-state index in [1.54, 1.807) is 0 Å². The van der Waals surface area contributed by atoms with Crippen LogP contribution in [-0.2, 0) is 0 Å². The minimum atomic E-state index is 0.734. The highest BCUT2D eigenvalue weighted by atomic mass is 14.8. The van der Waals surface area contributed by atoms with E-state index in [0.717, 1.165) is 13.0 Å². The molecule has 0 saturated heterocycles. The van der Waals surface area contributed by atoms with E-state index in [1.165, 1.54) is 0 Å². The van der Waals surface area contributed by atoms with Crippen molar-refractivity contribution in [2.45, 2.75) is 6.42 Å². The first kappa shape index (κ1) is 6.50. The molecule has 7 heavy (non-hydrogen) atoms. The van der Waals surface area contributed by atoms with E-state index >= 15 is 0 Å². The molecule has 2 heteroatoms. The zero-order valence-electron chi connectivity index (χ0n) is 4.65. The monoisotopic (exact) mass is 100 g/mol. The molecular formula is C5H12N2. The zero-order chi connectivity index (χ0) is 5.54. The van der Waals surface area contributed by atoms with Crippen molar-refractivity contribution in [2.24, 2.45) is 5.73 Å². The van der Waals surface area contributed by atoms with Crippen molar-refractivity contribution in [3.63, 3.8) is 0 Å². The Kier molecular flexibility index (Phi) is 5.11. The van der Waals surface area contributed by atoms with Gasteiger partial charge in [-0.2, -0.15) is 0 Å². The molecule has 0 radical (unpaired) electrons. The summed E-state index contributed by atoms with van der Waals surface area (Å²) in [5.41, 5.74) is 5.19. The summed E-state index contributed by atoms with van der Waals surface area (Å²) < 4.78 is 0. The third-order valence-corrected chi connectivity index (χ3v) is 0.618. The fourth-order valence-corrected chi connectivity index (χ4v) is 0.297. The van der Waals surface area contributed by atoms with Crippen molar-refractivity contribution < 1.29 is 0 Å². The highest BCUT2D eigenvalue weighted by Crippen LogP contribution is 1.72. The van der Waals surface area contributed by atoms with Crippen LogP contribution in [0.5, 0.6) is 0 Å². The average Bonchev–Trinajstić information content (AvgIpc) is 1.69. The van der Waals surface area contributed by atoms with E-state index in [-0.39, 0.29) is 0 Å². The Hall–Kier alpha value is -0.500. The average molecular weight is 100 g/mol. The second-order valence-corrected chi connectivity index (χ2v) is 1.27. The Morgan fingerprint density at radius 1 is 1.71 bits per heavy atom. The maximum atomic E-state index is 5.19. The van der Waals surface area contributed by atoms with Gasteiger partial charge in [0.25, 0.3) is 0 Å². The first-order chi connectivity index (χ1) is 3.41. The van der Waals surface area contributed by atoms with Gasteiger partial charge in [0.1, 0.15) is 0 Å². The molecule has 0 aliphatic heterocycles. The van der Waals surface area contributed by atoms with Gasteiger partial charge in [-0.25, -0.2) is 0 Å². The topological polar surface area (TPSA) is 38.0 Å². The van der Waals surface area contributed by atoms with Crippen LogP contribution < -0.4 is 11.1 Å². The molecule has 3 N–H and O–H groups in total. The van der Waals surface area contributed by atoms with E-state index in [9.17, 15) is 0 Å². The molecule has 0 aliphatic carbocycles. The Bertz CT molecular complexity index is 50.0. The fraction of sp³-hybridized carbons (Fsp3) is 0.600. The number of nitrogens with one attached hydrogen (secondary N) is 1. The number of nitrogens with two attached hydrogens (primary N) is 1. The van der Waals surface area contributed by atoms with Crippen LogP contribution in [0.25, 0.3) is 0 Å². The minimum Gasteiger partial charge on any atom is -0.394 e. The standard InChI is InChI=1S/C5H12N2/c1-7-5-3-2-4-6/h3,5,7H,2,4,6H2,1H3. The van der Waals surface area contributed by atoms with Crippen molar-refractivity contribution in [1.82, 2.24) is 5.32 Å². The summed E-state index contributed by atoms with van der Waals surface area (Å²) in [7, 11) is 1.87. The summed E-state index contributed by atoms with van der Waals surface area (Å²) in [6.07, 6.45) is 4.84. The van der Waals surface area contributed by atoms with E-state index in [0.29, 0.717) is 0 Å². The maximum absolute atomic E-state index is 5.19. The predicted octanol–water partition coefficient (Wildman–Crippen LogP) is 0.0683. The third-order valence-electron chi connectivity index (χ3n) is 0.618. The number of hydrogen-bond donors (Lipinski definition) is 2. The van der Waals surface area contributed by atoms with Crippen LogP contribution in [0.15, 0.2) is 12.3 Å². The highest BCUT2D eigenvalue weighted by molar-refractivity contribution is 4.77. The molecule has 0 amide bonds. The molecule has 0 unspecified atom stereocenters. The molecule has 0 aromatic heterocycles. The van der Waals surface area contributed by atoms with Crippen LogP contribution in [0.2, 0.25) is 0 Å². The van der Waals surface area contributed by atoms with Crippen LogP contribution in [0.3, 0.4) is 0 Å². The van der Waals surface area contributed by atoms with E-state index in [2.05, 4.69) is 5.32 Å². The van der Waals surface area contributed by atoms with Crippen molar-refractivity contribution in [3.05, 3.63) is 12.3 Å². The molecule has 42 valence electrons. The van der Waals surface area contributed by atoms with E-state index < -0.39 is 0 Å². The van der Waals surface area contributed by atoms with Gasteiger partial charge in [-0.05, 0) is 19.2 Å². The van der Waals surface area contributed by atoms with Gasteiger partial charge in [-0.3, -0.25) is 0 Å². The van der Waals surface area contributed by atoms with Gasteiger partial charge in [0.2, 0.25) is 0 Å². The van der Waals surface area contributed by atoms with Gasteiger partial charge in [-0.15, -0.1) is 0 Å². The summed E-state index contributed by atoms with van der Waals surface area (Å²) >= 11 is 0. The molecule has 0 atom stereocenters. The largest absolute Gasteiger partial charge is 0.394 e. The van der Waals surface area contributed by atoms with E-state index in [1.807, 2.05) is 19.3 Å². The lowest BCUT2D eigenvalue weighted by Gasteiger charge is -1.83. The first-order valence-electron chi connectivity index (χ1n) is 2.44. The van der Waals surface area contributed by atoms with Crippen LogP contribution in [0.4, 0.5) is 0 Å². The lowest BCUT2D eigenvalue weighted by molar-refractivity contribution is 0.985. The molecule has 0 aromatic rings. The Morgan fingerprint density at radius 2 is 2.43 bits per heavy atom. The predicted molar refractivity (Wildman–Crippen MR) is 31.9 cm³/mol. The molecule has 2 nitrogen and oxygen atoms in total. The van der Waals surface area contributed by atoms with Crippen molar-refractivity contribution in [1.29, 1.82) is 0 Å². The molecule has 0 aliphatic rings. The van der Waals surface area contributed by atoms with E-state index in [4.69, 9.17) is 5.73 Å². The Labute approximate surface area is 44.4 Å². The van der Waals surface area contributed by atoms with Crippen LogP contribution >= 0.6 is 0 Å². The highest BCUT2D eigenvalue weighted by Gasteiger charge is 1.66. The third kappa shape index (κ3) is 5.50. The molecule has 0 fully saturated rings. The number of rotatable bonds is 3. The first-order valence-corrected chi connectivity index (χ1v) is 2.44. The zero-order valence-corrected chi connectivity index (χ0v) is 4.65. The van der Waals surface area contributed by atoms with Gasteiger partial charge in [0.15, 0.2) is 0 Å². The van der Waals surface area contributed by atoms with Gasteiger partial charge in [0, 0.05) is 7.05 Å². The van der Waals surface area contributed by atoms with Gasteiger partial charge < -0.3 is 11.1 Å². The van der Waals surface area contributed by atoms with Gasteiger partial charge >= 0.3 is 0 Å². The number of hydrogen-bond acceptors (Lipinski definition) is 2. The Morgan fingerprint density at radius 3 is 2.86 bits per heavy atom. The lowest BCUT2D eigenvalue weighted by Crippen LogP contribution is -1.97. The van der Waals surface area contributed by atoms with Crippen LogP contribution in [0.1, 0.15) is 6.42 Å². The second-order valence-electron chi connectivity index (χ2n) is 1.27. The summed E-state index contributed by atoms with van der Waals surface area (Å²) in [4.78, 5) is 0. The summed E-state index contributed by atoms with van der Waals surface area (Å²) in [6, 6.07) is 0. The summed E-state index contributed by atoms with van der Waals surface area (Å²) in [5.74, 6) is 0. The molecule has 0 bridgehead atoms. The normalized spacial score (nSPS) is 10.0. The second kappa shape index (κ2) is 5.50. The molecular weight excluding hydrogens is 88.1 g/mol. The van der Waals surface area contributed by atoms with Crippen LogP contribution in [-0.4, -0.2) is 13.6 Å². The van der Waals surface area contributed by atoms with Gasteiger partial charge in [0.05, 0.1) is 0 Å². The molecule has 0 spiro atoms. The SMILES string of the molecule is CNC=CCCN. The molecule has 0 saturated carbocycles. The van der Waals surface area contributed by atoms with Crippen molar-refractivity contribution >= 4 is 0 Å². The molecule has 0 aromatic carbocycles. The van der Waals surface area contributed by atoms with Crippen LogP contribution in [0, 0.1) is 0 Å². The summed E-state index contributed by atoms with van der Waals surface area (Å²) in [5, 5.41) is 2.87. The Balaban J connectivity index is 2.78. The summed E-state index contributed by atoms with van der Waals surface area (Å²) in [6.45, 7) is 0.734.